The van der Waals surface area contributed by atoms with Crippen LogP contribution in [0.1, 0.15) is 48.0 Å². The number of aliphatic hydroxyl groups is 1. The number of fused-ring (bicyclic) bond motifs is 1. The van der Waals surface area contributed by atoms with Crippen molar-refractivity contribution in [3.63, 3.8) is 0 Å². The Morgan fingerprint density at radius 3 is 3.05 bits per heavy atom. The average Bonchev–Trinajstić information content (AvgIpc) is 2.96. The molecule has 110 valence electrons. The van der Waals surface area contributed by atoms with E-state index in [1.165, 1.54) is 19.3 Å². The first-order valence-corrected chi connectivity index (χ1v) is 7.65. The molecule has 2 fully saturated rings. The van der Waals surface area contributed by atoms with Crippen LogP contribution in [0.25, 0.3) is 0 Å². The molecule has 1 saturated heterocycles. The monoisotopic (exact) mass is 284 g/mol. The second kappa shape index (κ2) is 6.28. The van der Waals surface area contributed by atoms with Gasteiger partial charge in [0.05, 0.1) is 5.56 Å². The van der Waals surface area contributed by atoms with Crippen molar-refractivity contribution in [3.05, 3.63) is 29.6 Å². The molecule has 1 amide bonds. The first-order chi connectivity index (χ1) is 10.3. The average molecular weight is 284 g/mol. The van der Waals surface area contributed by atoms with Gasteiger partial charge in [0, 0.05) is 30.5 Å². The van der Waals surface area contributed by atoms with Crippen molar-refractivity contribution in [2.24, 2.45) is 5.92 Å². The highest BCUT2D eigenvalue weighted by atomic mass is 16.2. The van der Waals surface area contributed by atoms with Crippen LogP contribution in [0.5, 0.6) is 0 Å². The maximum atomic E-state index is 12.7. The molecule has 0 radical (unpaired) electrons. The summed E-state index contributed by atoms with van der Waals surface area (Å²) in [5.41, 5.74) is 1.28. The summed E-state index contributed by atoms with van der Waals surface area (Å²) in [5.74, 6) is 6.15. The van der Waals surface area contributed by atoms with Crippen LogP contribution in [0.3, 0.4) is 0 Å². The Bertz CT molecular complexity index is 588. The zero-order chi connectivity index (χ0) is 14.7. The number of aromatic nitrogens is 1. The van der Waals surface area contributed by atoms with Gasteiger partial charge in [0.1, 0.15) is 6.61 Å². The van der Waals surface area contributed by atoms with Crippen molar-refractivity contribution in [1.29, 1.82) is 0 Å². The number of pyridine rings is 1. The van der Waals surface area contributed by atoms with E-state index in [1.54, 1.807) is 18.5 Å². The highest BCUT2D eigenvalue weighted by Crippen LogP contribution is 2.36. The fourth-order valence-electron chi connectivity index (χ4n) is 3.59. The number of hydrogen-bond acceptors (Lipinski definition) is 3. The van der Waals surface area contributed by atoms with Crippen molar-refractivity contribution in [2.75, 3.05) is 13.2 Å². The Morgan fingerprint density at radius 2 is 2.19 bits per heavy atom. The second-order valence-corrected chi connectivity index (χ2v) is 5.82. The van der Waals surface area contributed by atoms with Gasteiger partial charge in [0.2, 0.25) is 0 Å². The van der Waals surface area contributed by atoms with E-state index in [4.69, 9.17) is 5.11 Å². The molecule has 4 nitrogen and oxygen atoms in total. The standard InChI is InChI=1S/C17H20N2O2/c20-9-3-4-13-10-15(12-18-11-13)17(21)19-8-7-14-5-1-2-6-16(14)19/h10-12,14,16,20H,1-2,5-9H2. The van der Waals surface area contributed by atoms with E-state index in [0.29, 0.717) is 23.1 Å². The van der Waals surface area contributed by atoms with E-state index < -0.39 is 0 Å². The van der Waals surface area contributed by atoms with Crippen LogP contribution in [-0.4, -0.2) is 40.1 Å². The lowest BCUT2D eigenvalue weighted by atomic mass is 9.85. The van der Waals surface area contributed by atoms with Gasteiger partial charge in [-0.25, -0.2) is 0 Å². The van der Waals surface area contributed by atoms with E-state index in [9.17, 15) is 4.79 Å². The molecule has 0 spiro atoms. The molecule has 1 aromatic rings. The van der Waals surface area contributed by atoms with Crippen molar-refractivity contribution in [1.82, 2.24) is 9.88 Å². The van der Waals surface area contributed by atoms with Gasteiger partial charge >= 0.3 is 0 Å². The molecule has 4 heteroatoms. The molecule has 0 aromatic carbocycles. The summed E-state index contributed by atoms with van der Waals surface area (Å²) < 4.78 is 0. The van der Waals surface area contributed by atoms with E-state index in [2.05, 4.69) is 16.8 Å². The normalized spacial score (nSPS) is 24.1. The van der Waals surface area contributed by atoms with E-state index >= 15 is 0 Å². The summed E-state index contributed by atoms with van der Waals surface area (Å²) in [5, 5.41) is 8.74. The molecule has 2 unspecified atom stereocenters. The Balaban J connectivity index is 1.79. The summed E-state index contributed by atoms with van der Waals surface area (Å²) in [7, 11) is 0. The first kappa shape index (κ1) is 14.1. The predicted octanol–water partition coefficient (Wildman–Crippen LogP) is 1.83. The number of amides is 1. The molecule has 2 heterocycles. The van der Waals surface area contributed by atoms with Crippen LogP contribution in [0.2, 0.25) is 0 Å². The van der Waals surface area contributed by atoms with Crippen LogP contribution in [0, 0.1) is 17.8 Å². The molecule has 1 N–H and O–H groups in total. The summed E-state index contributed by atoms with van der Waals surface area (Å²) in [6, 6.07) is 2.19. The predicted molar refractivity (Wildman–Crippen MR) is 79.6 cm³/mol. The van der Waals surface area contributed by atoms with Crippen LogP contribution in [-0.2, 0) is 0 Å². The van der Waals surface area contributed by atoms with E-state index in [-0.39, 0.29) is 12.5 Å². The largest absolute Gasteiger partial charge is 0.384 e. The van der Waals surface area contributed by atoms with Gasteiger partial charge in [-0.2, -0.15) is 0 Å². The quantitative estimate of drug-likeness (QED) is 0.801. The summed E-state index contributed by atoms with van der Waals surface area (Å²) in [6.07, 6.45) is 9.29. The Hall–Kier alpha value is -1.86. The highest BCUT2D eigenvalue weighted by Gasteiger charge is 2.38. The molecule has 2 aliphatic rings. The van der Waals surface area contributed by atoms with Crippen molar-refractivity contribution >= 4 is 5.91 Å². The molecule has 1 aliphatic heterocycles. The fraction of sp³-hybridized carbons (Fsp3) is 0.529. The number of aliphatic hydroxyl groups excluding tert-OH is 1. The number of rotatable bonds is 1. The lowest BCUT2D eigenvalue weighted by Gasteiger charge is -2.31. The van der Waals surface area contributed by atoms with Crippen molar-refractivity contribution in [2.45, 2.75) is 38.1 Å². The third-order valence-electron chi connectivity index (χ3n) is 4.57. The number of nitrogens with zero attached hydrogens (tertiary/aromatic N) is 2. The molecular weight excluding hydrogens is 264 g/mol. The minimum Gasteiger partial charge on any atom is -0.384 e. The zero-order valence-electron chi connectivity index (χ0n) is 12.1. The molecule has 0 bridgehead atoms. The number of likely N-dealkylation sites (tertiary alicyclic amines) is 1. The number of carbonyl (C=O) groups is 1. The molecule has 1 aliphatic carbocycles. The molecular formula is C17H20N2O2. The third-order valence-corrected chi connectivity index (χ3v) is 4.57. The van der Waals surface area contributed by atoms with Crippen molar-refractivity contribution in [3.8, 4) is 11.8 Å². The Kier molecular flexibility index (Phi) is 4.21. The molecule has 2 atom stereocenters. The lowest BCUT2D eigenvalue weighted by Crippen LogP contribution is -2.39. The second-order valence-electron chi connectivity index (χ2n) is 5.82. The summed E-state index contributed by atoms with van der Waals surface area (Å²) >= 11 is 0. The summed E-state index contributed by atoms with van der Waals surface area (Å²) in [4.78, 5) is 18.9. The van der Waals surface area contributed by atoms with Gasteiger partial charge in [0.15, 0.2) is 0 Å². The zero-order valence-corrected chi connectivity index (χ0v) is 12.1. The van der Waals surface area contributed by atoms with E-state index in [1.807, 2.05) is 4.90 Å². The summed E-state index contributed by atoms with van der Waals surface area (Å²) in [6.45, 7) is 0.675. The first-order valence-electron chi connectivity index (χ1n) is 7.65. The Morgan fingerprint density at radius 1 is 1.33 bits per heavy atom. The fourth-order valence-corrected chi connectivity index (χ4v) is 3.59. The van der Waals surface area contributed by atoms with Gasteiger partial charge < -0.3 is 10.0 Å². The maximum absolute atomic E-state index is 12.7. The smallest absolute Gasteiger partial charge is 0.255 e. The van der Waals surface area contributed by atoms with Crippen LogP contribution in [0.15, 0.2) is 18.5 Å². The lowest BCUT2D eigenvalue weighted by molar-refractivity contribution is 0.0689. The van der Waals surface area contributed by atoms with Gasteiger partial charge in [0.25, 0.3) is 5.91 Å². The van der Waals surface area contributed by atoms with Gasteiger partial charge in [-0.05, 0) is 31.2 Å². The topological polar surface area (TPSA) is 53.4 Å². The van der Waals surface area contributed by atoms with Gasteiger partial charge in [-0.15, -0.1) is 0 Å². The van der Waals surface area contributed by atoms with Crippen LogP contribution < -0.4 is 0 Å². The molecule has 1 aromatic heterocycles. The third kappa shape index (κ3) is 2.93. The SMILES string of the molecule is O=C(c1cncc(C#CCO)c1)N1CCC2CCCCC21. The Labute approximate surface area is 125 Å². The van der Waals surface area contributed by atoms with Crippen LogP contribution >= 0.6 is 0 Å². The van der Waals surface area contributed by atoms with E-state index in [0.717, 1.165) is 19.4 Å². The molecule has 1 saturated carbocycles. The number of hydrogen-bond donors (Lipinski definition) is 1. The minimum absolute atomic E-state index is 0.0737. The van der Waals surface area contributed by atoms with Gasteiger partial charge in [-0.3, -0.25) is 9.78 Å². The van der Waals surface area contributed by atoms with Crippen LogP contribution in [0.4, 0.5) is 0 Å². The molecule has 21 heavy (non-hydrogen) atoms. The van der Waals surface area contributed by atoms with Gasteiger partial charge in [-0.1, -0.05) is 24.7 Å². The molecule has 3 rings (SSSR count). The number of carbonyl (C=O) groups excluding carboxylic acids is 1. The van der Waals surface area contributed by atoms with Crippen molar-refractivity contribution < 1.29 is 9.90 Å². The highest BCUT2D eigenvalue weighted by molar-refractivity contribution is 5.94. The maximum Gasteiger partial charge on any atom is 0.255 e. The minimum atomic E-state index is -0.186.